The Morgan fingerprint density at radius 2 is 2.00 bits per heavy atom. The van der Waals surface area contributed by atoms with Gasteiger partial charge >= 0.3 is 0 Å². The number of nitrogens with one attached hydrogen (secondary N) is 3. The number of fused-ring (bicyclic) bond motifs is 2. The smallest absolute Gasteiger partial charge is 0.224 e. The van der Waals surface area contributed by atoms with Crippen LogP contribution < -0.4 is 5.32 Å². The fraction of sp³-hybridized carbons (Fsp3) is 0.120. The molecule has 6 aromatic rings. The third-order valence-electron chi connectivity index (χ3n) is 5.77. The molecule has 184 valence electrons. The molecule has 1 amide bonds. The SMILES string of the molecule is CCCC(=O)Nc1cncc(-c2cnc3[nH]nc(-c4nc5c(-c6ccc(F)s6)nccc5[nH]4)c3c2F)c1. The first-order valence-corrected chi connectivity index (χ1v) is 12.2. The van der Waals surface area contributed by atoms with Crippen LogP contribution in [0.2, 0.25) is 0 Å². The molecule has 0 bridgehead atoms. The molecule has 0 aliphatic heterocycles. The summed E-state index contributed by atoms with van der Waals surface area (Å²) in [6.07, 6.45) is 7.07. The first-order chi connectivity index (χ1) is 18.0. The first kappa shape index (κ1) is 22.9. The fourth-order valence-electron chi connectivity index (χ4n) is 4.10. The molecule has 0 spiro atoms. The van der Waals surface area contributed by atoms with Gasteiger partial charge in [-0.3, -0.25) is 19.9 Å². The van der Waals surface area contributed by atoms with Crippen LogP contribution in [0.25, 0.3) is 55.3 Å². The Hall–Kier alpha value is -4.58. The van der Waals surface area contributed by atoms with Crippen LogP contribution in [0.1, 0.15) is 19.8 Å². The molecule has 37 heavy (non-hydrogen) atoms. The Kier molecular flexibility index (Phi) is 5.64. The zero-order chi connectivity index (χ0) is 25.5. The molecule has 0 aliphatic rings. The van der Waals surface area contributed by atoms with Crippen LogP contribution in [-0.2, 0) is 4.79 Å². The summed E-state index contributed by atoms with van der Waals surface area (Å²) < 4.78 is 29.6. The molecule has 0 atom stereocenters. The summed E-state index contributed by atoms with van der Waals surface area (Å²) in [5.41, 5.74) is 3.27. The summed E-state index contributed by atoms with van der Waals surface area (Å²) in [7, 11) is 0. The number of amides is 1. The van der Waals surface area contributed by atoms with Crippen LogP contribution in [0.3, 0.4) is 0 Å². The summed E-state index contributed by atoms with van der Waals surface area (Å²) in [5, 5.41) is 9.61. The van der Waals surface area contributed by atoms with Crippen molar-refractivity contribution >= 4 is 45.0 Å². The molecule has 0 saturated heterocycles. The number of nitrogens with zero attached hydrogens (tertiary/aromatic N) is 5. The zero-order valence-corrected chi connectivity index (χ0v) is 20.2. The molecule has 0 radical (unpaired) electrons. The van der Waals surface area contributed by atoms with Crippen molar-refractivity contribution in [3.63, 3.8) is 0 Å². The van der Waals surface area contributed by atoms with E-state index in [0.29, 0.717) is 51.5 Å². The fourth-order valence-corrected chi connectivity index (χ4v) is 4.83. The molecular weight excluding hydrogens is 498 g/mol. The minimum atomic E-state index is -0.563. The number of carbonyl (C=O) groups is 1. The number of hydrogen-bond donors (Lipinski definition) is 3. The van der Waals surface area contributed by atoms with E-state index in [1.807, 2.05) is 6.92 Å². The Bertz CT molecular complexity index is 1790. The molecule has 0 aliphatic carbocycles. The van der Waals surface area contributed by atoms with Gasteiger partial charge in [0, 0.05) is 36.1 Å². The lowest BCUT2D eigenvalue weighted by atomic mass is 10.1. The molecule has 0 aromatic carbocycles. The van der Waals surface area contributed by atoms with Crippen molar-refractivity contribution in [2.45, 2.75) is 19.8 Å². The normalized spacial score (nSPS) is 11.4. The molecule has 6 rings (SSSR count). The molecular formula is C25H18F2N8OS. The van der Waals surface area contributed by atoms with Gasteiger partial charge in [-0.05, 0) is 30.7 Å². The monoisotopic (exact) mass is 516 g/mol. The molecule has 12 heteroatoms. The van der Waals surface area contributed by atoms with E-state index in [-0.39, 0.29) is 33.3 Å². The lowest BCUT2D eigenvalue weighted by Gasteiger charge is -2.08. The van der Waals surface area contributed by atoms with E-state index in [2.05, 4.69) is 40.4 Å². The van der Waals surface area contributed by atoms with Gasteiger partial charge in [-0.1, -0.05) is 6.92 Å². The number of anilines is 1. The zero-order valence-electron chi connectivity index (χ0n) is 19.3. The Morgan fingerprint density at radius 1 is 1.11 bits per heavy atom. The molecule has 9 nitrogen and oxygen atoms in total. The van der Waals surface area contributed by atoms with Crippen LogP contribution >= 0.6 is 11.3 Å². The quantitative estimate of drug-likeness (QED) is 0.261. The number of H-pyrrole nitrogens is 2. The summed E-state index contributed by atoms with van der Waals surface area (Å²) in [5.74, 6) is -0.396. The predicted molar refractivity (Wildman–Crippen MR) is 137 cm³/mol. The van der Waals surface area contributed by atoms with Crippen LogP contribution in [0.15, 0.2) is 49.1 Å². The molecule has 6 heterocycles. The van der Waals surface area contributed by atoms with E-state index in [1.54, 1.807) is 24.4 Å². The lowest BCUT2D eigenvalue weighted by Crippen LogP contribution is -2.10. The van der Waals surface area contributed by atoms with Crippen LogP contribution in [0.4, 0.5) is 14.5 Å². The van der Waals surface area contributed by atoms with Crippen molar-refractivity contribution in [2.24, 2.45) is 0 Å². The van der Waals surface area contributed by atoms with Gasteiger partial charge in [-0.2, -0.15) is 9.49 Å². The average molecular weight is 517 g/mol. The highest BCUT2D eigenvalue weighted by Gasteiger charge is 2.22. The van der Waals surface area contributed by atoms with Gasteiger partial charge in [0.15, 0.2) is 16.6 Å². The number of rotatable bonds is 6. The third kappa shape index (κ3) is 4.10. The standard InChI is InChI=1S/C25H18F2N8OS/c1-2-3-18(36)31-13-8-12(9-28-10-13)14-11-30-24-19(20(14)27)23(34-35-24)25-32-15-6-7-29-22(21(15)33-25)16-4-5-17(26)37-16/h4-11H,2-3H2,1H3,(H,31,36)(H,32,33)(H,30,34,35). The van der Waals surface area contributed by atoms with Gasteiger partial charge in [0.1, 0.15) is 22.7 Å². The number of aromatic nitrogens is 7. The highest BCUT2D eigenvalue weighted by atomic mass is 32.1. The van der Waals surface area contributed by atoms with Crippen molar-refractivity contribution in [3.05, 3.63) is 60.0 Å². The van der Waals surface area contributed by atoms with Gasteiger partial charge in [0.2, 0.25) is 5.91 Å². The van der Waals surface area contributed by atoms with E-state index < -0.39 is 5.82 Å². The second-order valence-corrected chi connectivity index (χ2v) is 9.32. The van der Waals surface area contributed by atoms with Crippen molar-refractivity contribution < 1.29 is 13.6 Å². The van der Waals surface area contributed by atoms with Crippen molar-refractivity contribution in [2.75, 3.05) is 5.32 Å². The maximum absolute atomic E-state index is 15.9. The summed E-state index contributed by atoms with van der Waals surface area (Å²) >= 11 is 0.967. The van der Waals surface area contributed by atoms with Crippen LogP contribution in [-0.4, -0.2) is 41.0 Å². The topological polar surface area (TPSA) is 125 Å². The number of thiophene rings is 1. The van der Waals surface area contributed by atoms with Crippen LogP contribution in [0.5, 0.6) is 0 Å². The van der Waals surface area contributed by atoms with E-state index >= 15 is 4.39 Å². The minimum absolute atomic E-state index is 0.142. The second-order valence-electron chi connectivity index (χ2n) is 8.29. The second kappa shape index (κ2) is 9.13. The average Bonchev–Trinajstić information content (AvgIpc) is 3.62. The highest BCUT2D eigenvalue weighted by molar-refractivity contribution is 7.13. The maximum Gasteiger partial charge on any atom is 0.224 e. The Balaban J connectivity index is 1.44. The van der Waals surface area contributed by atoms with Crippen LogP contribution in [0, 0.1) is 10.9 Å². The predicted octanol–water partition coefficient (Wildman–Crippen LogP) is 5.70. The van der Waals surface area contributed by atoms with E-state index in [9.17, 15) is 9.18 Å². The molecule has 6 aromatic heterocycles. The third-order valence-corrected chi connectivity index (χ3v) is 6.65. The number of imidazole rings is 1. The summed E-state index contributed by atoms with van der Waals surface area (Å²) in [4.78, 5) is 33.3. The van der Waals surface area contributed by atoms with Gasteiger partial charge in [0.05, 0.1) is 27.7 Å². The minimum Gasteiger partial charge on any atom is -0.336 e. The molecule has 0 fully saturated rings. The highest BCUT2D eigenvalue weighted by Crippen LogP contribution is 2.35. The van der Waals surface area contributed by atoms with Crippen molar-refractivity contribution in [3.8, 4) is 33.2 Å². The lowest BCUT2D eigenvalue weighted by molar-refractivity contribution is -0.116. The van der Waals surface area contributed by atoms with E-state index in [1.165, 1.54) is 24.7 Å². The number of aromatic amines is 2. The number of halogens is 2. The van der Waals surface area contributed by atoms with Gasteiger partial charge in [0.25, 0.3) is 0 Å². The summed E-state index contributed by atoms with van der Waals surface area (Å²) in [6, 6.07) is 6.39. The largest absolute Gasteiger partial charge is 0.336 e. The van der Waals surface area contributed by atoms with Gasteiger partial charge < -0.3 is 10.3 Å². The molecule has 3 N–H and O–H groups in total. The number of pyridine rings is 3. The number of carbonyl (C=O) groups excluding carboxylic acids is 1. The van der Waals surface area contributed by atoms with Gasteiger partial charge in [-0.25, -0.2) is 14.4 Å². The maximum atomic E-state index is 15.9. The Labute approximate surface area is 212 Å². The number of hydrogen-bond acceptors (Lipinski definition) is 7. The van der Waals surface area contributed by atoms with Crippen molar-refractivity contribution in [1.82, 2.24) is 35.1 Å². The Morgan fingerprint density at radius 3 is 2.81 bits per heavy atom. The van der Waals surface area contributed by atoms with Crippen molar-refractivity contribution in [1.29, 1.82) is 0 Å². The molecule has 0 unspecified atom stereocenters. The van der Waals surface area contributed by atoms with E-state index in [0.717, 1.165) is 11.3 Å². The van der Waals surface area contributed by atoms with Gasteiger partial charge in [-0.15, -0.1) is 11.3 Å². The molecule has 0 saturated carbocycles. The van der Waals surface area contributed by atoms with E-state index in [4.69, 9.17) is 0 Å². The summed E-state index contributed by atoms with van der Waals surface area (Å²) in [6.45, 7) is 1.91. The first-order valence-electron chi connectivity index (χ1n) is 11.4.